The van der Waals surface area contributed by atoms with Gasteiger partial charge in [0.2, 0.25) is 0 Å². The molecule has 1 heterocycles. The van der Waals surface area contributed by atoms with Crippen LogP contribution in [0.3, 0.4) is 0 Å². The fourth-order valence-electron chi connectivity index (χ4n) is 3.98. The molecule has 0 N–H and O–H groups in total. The van der Waals surface area contributed by atoms with Gasteiger partial charge in [-0.15, -0.1) is 11.3 Å². The Hall–Kier alpha value is -0.843. The first kappa shape index (κ1) is 17.0. The highest BCUT2D eigenvalue weighted by molar-refractivity contribution is 9.10. The summed E-state index contributed by atoms with van der Waals surface area (Å²) >= 11 is 5.56. The molecule has 0 saturated carbocycles. The molecule has 0 bridgehead atoms. The molecule has 0 amide bonds. The highest BCUT2D eigenvalue weighted by Gasteiger charge is 2.35. The Labute approximate surface area is 153 Å². The van der Waals surface area contributed by atoms with E-state index in [4.69, 9.17) is 0 Å². The van der Waals surface area contributed by atoms with Gasteiger partial charge in [0, 0.05) is 20.6 Å². The van der Waals surface area contributed by atoms with Gasteiger partial charge in [-0.25, -0.2) is 0 Å². The van der Waals surface area contributed by atoms with Crippen molar-refractivity contribution in [2.45, 2.75) is 39.8 Å². The summed E-state index contributed by atoms with van der Waals surface area (Å²) in [5.74, 6) is 0. The molecule has 1 aliphatic carbocycles. The SMILES string of the molecule is CC1=C(C)C([SiH](C)N(C)c2c(C)cc(Br)cc2C)c2sccc21. The zero-order valence-corrected chi connectivity index (χ0v) is 18.3. The van der Waals surface area contributed by atoms with Gasteiger partial charge in [0.1, 0.15) is 8.96 Å². The summed E-state index contributed by atoms with van der Waals surface area (Å²) in [7, 11) is 1.12. The van der Waals surface area contributed by atoms with Gasteiger partial charge in [-0.05, 0) is 80.6 Å². The number of thiophene rings is 1. The first-order valence-corrected chi connectivity index (χ1v) is 12.1. The molecule has 2 atom stereocenters. The van der Waals surface area contributed by atoms with Crippen LogP contribution in [0.5, 0.6) is 0 Å². The number of benzene rings is 1. The molecule has 1 nitrogen and oxygen atoms in total. The van der Waals surface area contributed by atoms with E-state index < -0.39 is 8.96 Å². The summed E-state index contributed by atoms with van der Waals surface area (Å²) in [6.07, 6.45) is 0. The molecule has 4 heteroatoms. The number of fused-ring (bicyclic) bond motifs is 1. The average Bonchev–Trinajstić information content (AvgIpc) is 3.01. The van der Waals surface area contributed by atoms with E-state index in [0.717, 1.165) is 0 Å². The topological polar surface area (TPSA) is 3.24 Å². The highest BCUT2D eigenvalue weighted by atomic mass is 79.9. The lowest BCUT2D eigenvalue weighted by Gasteiger charge is -2.34. The predicted octanol–water partition coefficient (Wildman–Crippen LogP) is 6.05. The van der Waals surface area contributed by atoms with Crippen LogP contribution in [-0.2, 0) is 0 Å². The summed E-state index contributed by atoms with van der Waals surface area (Å²) in [5.41, 5.74) is 9.37. The maximum atomic E-state index is 3.62. The lowest BCUT2D eigenvalue weighted by atomic mass is 10.1. The van der Waals surface area contributed by atoms with Crippen molar-refractivity contribution >= 4 is 47.5 Å². The minimum absolute atomic E-state index is 0.637. The van der Waals surface area contributed by atoms with Gasteiger partial charge in [0.05, 0.1) is 0 Å². The first-order chi connectivity index (χ1) is 10.8. The first-order valence-electron chi connectivity index (χ1n) is 8.07. The third-order valence-corrected chi connectivity index (χ3v) is 10.3. The minimum Gasteiger partial charge on any atom is -0.402 e. The van der Waals surface area contributed by atoms with E-state index in [9.17, 15) is 0 Å². The van der Waals surface area contributed by atoms with Gasteiger partial charge >= 0.3 is 0 Å². The molecule has 1 aromatic carbocycles. The summed E-state index contributed by atoms with van der Waals surface area (Å²) in [6, 6.07) is 6.77. The van der Waals surface area contributed by atoms with Crippen molar-refractivity contribution in [3.63, 3.8) is 0 Å². The largest absolute Gasteiger partial charge is 0.402 e. The summed E-state index contributed by atoms with van der Waals surface area (Å²) in [6.45, 7) is 11.6. The fourth-order valence-corrected chi connectivity index (χ4v) is 9.37. The maximum absolute atomic E-state index is 3.62. The van der Waals surface area contributed by atoms with E-state index >= 15 is 0 Å². The lowest BCUT2D eigenvalue weighted by Crippen LogP contribution is -2.39. The Morgan fingerprint density at radius 2 is 1.74 bits per heavy atom. The smallest absolute Gasteiger partial charge is 0.149 e. The Bertz CT molecular complexity index is 769. The van der Waals surface area contributed by atoms with Crippen LogP contribution in [0, 0.1) is 13.8 Å². The molecule has 1 aliphatic rings. The standard InChI is InChI=1S/C19H24BrNSSi/c1-11-9-15(20)10-12(2)17(11)21(5)23(6)19-14(4)13(3)16-7-8-22-18(16)19/h7-10,19,23H,1-6H3. The van der Waals surface area contributed by atoms with Crippen molar-refractivity contribution in [3.8, 4) is 0 Å². The summed E-state index contributed by atoms with van der Waals surface area (Å²) < 4.78 is 3.78. The van der Waals surface area contributed by atoms with Crippen molar-refractivity contribution in [2.75, 3.05) is 11.6 Å². The van der Waals surface area contributed by atoms with Gasteiger partial charge in [-0.1, -0.05) is 28.1 Å². The van der Waals surface area contributed by atoms with Crippen molar-refractivity contribution in [1.29, 1.82) is 0 Å². The molecule has 122 valence electrons. The molecule has 3 rings (SSSR count). The lowest BCUT2D eigenvalue weighted by molar-refractivity contribution is 1.08. The van der Waals surface area contributed by atoms with Gasteiger partial charge in [0.15, 0.2) is 0 Å². The molecule has 0 spiro atoms. The zero-order chi connectivity index (χ0) is 16.9. The number of nitrogens with zero attached hydrogens (tertiary/aromatic N) is 1. The third-order valence-electron chi connectivity index (χ3n) is 5.34. The molecular formula is C19H24BrNSSi. The van der Waals surface area contributed by atoms with Crippen LogP contribution in [0.25, 0.3) is 5.57 Å². The maximum Gasteiger partial charge on any atom is 0.149 e. The average molecular weight is 406 g/mol. The number of hydrogen-bond acceptors (Lipinski definition) is 2. The van der Waals surface area contributed by atoms with Crippen LogP contribution in [0.15, 0.2) is 33.6 Å². The Morgan fingerprint density at radius 1 is 1.13 bits per heavy atom. The fraction of sp³-hybridized carbons (Fsp3) is 0.368. The number of anilines is 1. The van der Waals surface area contributed by atoms with Gasteiger partial charge < -0.3 is 4.57 Å². The Morgan fingerprint density at radius 3 is 2.35 bits per heavy atom. The Kier molecular flexibility index (Phi) is 4.60. The minimum atomic E-state index is -1.18. The van der Waals surface area contributed by atoms with Crippen molar-refractivity contribution in [2.24, 2.45) is 0 Å². The van der Waals surface area contributed by atoms with E-state index in [2.05, 4.69) is 85.4 Å². The summed E-state index contributed by atoms with van der Waals surface area (Å²) in [4.78, 5) is 1.60. The van der Waals surface area contributed by atoms with Gasteiger partial charge in [-0.3, -0.25) is 0 Å². The second kappa shape index (κ2) is 6.23. The van der Waals surface area contributed by atoms with E-state index in [1.54, 1.807) is 10.5 Å². The molecular weight excluding hydrogens is 382 g/mol. The normalized spacial score (nSPS) is 18.3. The van der Waals surface area contributed by atoms with E-state index in [1.165, 1.54) is 32.4 Å². The highest BCUT2D eigenvalue weighted by Crippen LogP contribution is 2.46. The summed E-state index contributed by atoms with van der Waals surface area (Å²) in [5, 5.41) is 2.25. The Balaban J connectivity index is 2.01. The second-order valence-corrected chi connectivity index (χ2v) is 11.5. The monoisotopic (exact) mass is 405 g/mol. The van der Waals surface area contributed by atoms with E-state index in [-0.39, 0.29) is 0 Å². The van der Waals surface area contributed by atoms with Crippen LogP contribution in [0.2, 0.25) is 6.55 Å². The number of rotatable bonds is 3. The quantitative estimate of drug-likeness (QED) is 0.561. The van der Waals surface area contributed by atoms with Crippen molar-refractivity contribution < 1.29 is 0 Å². The van der Waals surface area contributed by atoms with Crippen LogP contribution in [-0.4, -0.2) is 16.0 Å². The van der Waals surface area contributed by atoms with Gasteiger partial charge in [-0.2, -0.15) is 0 Å². The number of hydrogen-bond donors (Lipinski definition) is 0. The van der Waals surface area contributed by atoms with E-state index in [1.807, 2.05) is 11.3 Å². The van der Waals surface area contributed by atoms with Gasteiger partial charge in [0.25, 0.3) is 0 Å². The number of allylic oxidation sites excluding steroid dienone is 2. The van der Waals surface area contributed by atoms with Crippen LogP contribution < -0.4 is 4.57 Å². The number of halogens is 1. The zero-order valence-electron chi connectivity index (χ0n) is 14.7. The molecule has 1 aromatic heterocycles. The molecule has 23 heavy (non-hydrogen) atoms. The van der Waals surface area contributed by atoms with E-state index in [0.29, 0.717) is 5.54 Å². The third kappa shape index (κ3) is 2.75. The van der Waals surface area contributed by atoms with Crippen LogP contribution in [0.4, 0.5) is 5.69 Å². The molecule has 0 aliphatic heterocycles. The van der Waals surface area contributed by atoms with Crippen LogP contribution >= 0.6 is 27.3 Å². The number of aryl methyl sites for hydroxylation is 2. The molecule has 0 saturated heterocycles. The van der Waals surface area contributed by atoms with Crippen molar-refractivity contribution in [3.05, 3.63) is 55.2 Å². The van der Waals surface area contributed by atoms with Crippen LogP contribution in [0.1, 0.15) is 41.0 Å². The molecule has 2 aromatic rings. The van der Waals surface area contributed by atoms with Crippen molar-refractivity contribution in [1.82, 2.24) is 0 Å². The second-order valence-electron chi connectivity index (χ2n) is 6.72. The molecule has 2 unspecified atom stereocenters. The predicted molar refractivity (Wildman–Crippen MR) is 110 cm³/mol. The molecule has 0 fully saturated rings. The molecule has 0 radical (unpaired) electrons.